The molecule has 6 heteroatoms. The van der Waals surface area contributed by atoms with Crippen LogP contribution >= 0.6 is 11.6 Å². The van der Waals surface area contributed by atoms with Gasteiger partial charge in [0.2, 0.25) is 0 Å². The van der Waals surface area contributed by atoms with Gasteiger partial charge in [0, 0.05) is 13.1 Å². The first-order valence-corrected chi connectivity index (χ1v) is 6.89. The normalized spacial score (nSPS) is 22.7. The van der Waals surface area contributed by atoms with Crippen LogP contribution in [0, 0.1) is 11.7 Å². The average molecular weight is 302 g/mol. The molecular weight excluding hydrogens is 285 g/mol. The second-order valence-corrected chi connectivity index (χ2v) is 5.44. The number of aliphatic hydroxyl groups is 1. The fourth-order valence-electron chi connectivity index (χ4n) is 2.10. The number of likely N-dealkylation sites (tertiary alicyclic amines) is 1. The third kappa shape index (κ3) is 3.61. The van der Waals surface area contributed by atoms with Crippen molar-refractivity contribution in [2.75, 3.05) is 19.7 Å². The highest BCUT2D eigenvalue weighted by Gasteiger charge is 2.27. The van der Waals surface area contributed by atoms with Gasteiger partial charge in [-0.15, -0.1) is 0 Å². The molecule has 1 aliphatic heterocycles. The summed E-state index contributed by atoms with van der Waals surface area (Å²) in [5.74, 6) is -0.197. The van der Waals surface area contributed by atoms with Crippen LogP contribution in [0.15, 0.2) is 18.2 Å². The average Bonchev–Trinajstić information content (AvgIpc) is 2.40. The second-order valence-electron chi connectivity index (χ2n) is 5.04. The van der Waals surface area contributed by atoms with Crippen molar-refractivity contribution in [1.82, 2.24) is 4.90 Å². The van der Waals surface area contributed by atoms with E-state index in [0.717, 1.165) is 12.5 Å². The van der Waals surface area contributed by atoms with E-state index in [1.165, 1.54) is 12.1 Å². The highest BCUT2D eigenvalue weighted by atomic mass is 35.5. The second kappa shape index (κ2) is 6.41. The summed E-state index contributed by atoms with van der Waals surface area (Å²) in [6.45, 7) is 2.71. The van der Waals surface area contributed by atoms with Crippen LogP contribution in [0.4, 0.5) is 4.39 Å². The van der Waals surface area contributed by atoms with Gasteiger partial charge in [0.1, 0.15) is 11.6 Å². The number of amides is 1. The van der Waals surface area contributed by atoms with Crippen LogP contribution in [0.5, 0.6) is 5.75 Å². The number of β-amino-alcohol motifs (C(OH)–C–C–N with tert-alkyl or cyclic N) is 1. The van der Waals surface area contributed by atoms with E-state index < -0.39 is 11.9 Å². The van der Waals surface area contributed by atoms with E-state index in [1.807, 2.05) is 6.92 Å². The molecule has 2 atom stereocenters. The molecule has 4 nitrogen and oxygen atoms in total. The van der Waals surface area contributed by atoms with Crippen molar-refractivity contribution in [3.05, 3.63) is 29.0 Å². The standard InChI is InChI=1S/C14H17ClFNO3/c1-9-4-5-17(7-12(9)18)14(19)8-20-13-3-2-10(16)6-11(13)15/h2-3,6,9,12,18H,4-5,7-8H2,1H3. The van der Waals surface area contributed by atoms with Crippen LogP contribution in [0.25, 0.3) is 0 Å². The van der Waals surface area contributed by atoms with Gasteiger partial charge in [0.25, 0.3) is 5.91 Å². The molecule has 0 bridgehead atoms. The molecule has 0 aromatic heterocycles. The first-order chi connectivity index (χ1) is 9.47. The molecule has 1 saturated heterocycles. The number of hydrogen-bond donors (Lipinski definition) is 1. The summed E-state index contributed by atoms with van der Waals surface area (Å²) in [6.07, 6.45) is 0.270. The van der Waals surface area contributed by atoms with Gasteiger partial charge in [-0.1, -0.05) is 18.5 Å². The van der Waals surface area contributed by atoms with Crippen LogP contribution in [0.1, 0.15) is 13.3 Å². The Kier molecular flexibility index (Phi) is 4.83. The predicted octanol–water partition coefficient (Wildman–Crippen LogP) is 2.09. The quantitative estimate of drug-likeness (QED) is 0.930. The van der Waals surface area contributed by atoms with Crippen molar-refractivity contribution in [2.45, 2.75) is 19.4 Å². The minimum absolute atomic E-state index is 0.130. The lowest BCUT2D eigenvalue weighted by Crippen LogP contribution is -2.47. The Morgan fingerprint density at radius 1 is 1.60 bits per heavy atom. The summed E-state index contributed by atoms with van der Waals surface area (Å²) in [4.78, 5) is 13.5. The minimum Gasteiger partial charge on any atom is -0.482 e. The molecule has 2 rings (SSSR count). The van der Waals surface area contributed by atoms with E-state index in [0.29, 0.717) is 13.1 Å². The van der Waals surface area contributed by atoms with E-state index in [2.05, 4.69) is 0 Å². The van der Waals surface area contributed by atoms with Crippen LogP contribution < -0.4 is 4.74 Å². The Morgan fingerprint density at radius 2 is 2.35 bits per heavy atom. The molecule has 1 heterocycles. The van der Waals surface area contributed by atoms with Gasteiger partial charge in [-0.3, -0.25) is 4.79 Å². The Hall–Kier alpha value is -1.33. The van der Waals surface area contributed by atoms with E-state index >= 15 is 0 Å². The molecule has 0 saturated carbocycles. The number of ether oxygens (including phenoxy) is 1. The van der Waals surface area contributed by atoms with Crippen molar-refractivity contribution in [3.8, 4) is 5.75 Å². The number of aliphatic hydroxyl groups excluding tert-OH is 1. The molecule has 1 N–H and O–H groups in total. The fraction of sp³-hybridized carbons (Fsp3) is 0.500. The Bertz CT molecular complexity index is 497. The fourth-order valence-corrected chi connectivity index (χ4v) is 2.32. The third-order valence-electron chi connectivity index (χ3n) is 3.52. The van der Waals surface area contributed by atoms with Crippen LogP contribution in [-0.2, 0) is 4.79 Å². The molecule has 1 aromatic carbocycles. The monoisotopic (exact) mass is 301 g/mol. The van der Waals surface area contributed by atoms with Gasteiger partial charge in [0.05, 0.1) is 11.1 Å². The number of halogens is 2. The summed E-state index contributed by atoms with van der Waals surface area (Å²) >= 11 is 5.81. The molecule has 20 heavy (non-hydrogen) atoms. The predicted molar refractivity (Wildman–Crippen MR) is 73.3 cm³/mol. The molecule has 1 fully saturated rings. The van der Waals surface area contributed by atoms with E-state index in [9.17, 15) is 14.3 Å². The molecule has 0 spiro atoms. The zero-order chi connectivity index (χ0) is 14.7. The maximum atomic E-state index is 12.9. The summed E-state index contributed by atoms with van der Waals surface area (Å²) in [6, 6.07) is 3.74. The maximum absolute atomic E-state index is 12.9. The van der Waals surface area contributed by atoms with Gasteiger partial charge >= 0.3 is 0 Å². The molecular formula is C14H17ClFNO3. The smallest absolute Gasteiger partial charge is 0.260 e. The SMILES string of the molecule is CC1CCN(C(=O)COc2ccc(F)cc2Cl)CC1O. The topological polar surface area (TPSA) is 49.8 Å². The third-order valence-corrected chi connectivity index (χ3v) is 3.81. The highest BCUT2D eigenvalue weighted by molar-refractivity contribution is 6.32. The molecule has 1 amide bonds. The maximum Gasteiger partial charge on any atom is 0.260 e. The summed E-state index contributed by atoms with van der Waals surface area (Å²) in [7, 11) is 0. The largest absolute Gasteiger partial charge is 0.482 e. The van der Waals surface area contributed by atoms with Crippen molar-refractivity contribution >= 4 is 17.5 Å². The van der Waals surface area contributed by atoms with Gasteiger partial charge in [-0.2, -0.15) is 0 Å². The van der Waals surface area contributed by atoms with Gasteiger partial charge in [-0.25, -0.2) is 4.39 Å². The number of rotatable bonds is 3. The molecule has 2 unspecified atom stereocenters. The van der Waals surface area contributed by atoms with E-state index in [4.69, 9.17) is 16.3 Å². The zero-order valence-electron chi connectivity index (χ0n) is 11.2. The lowest BCUT2D eigenvalue weighted by molar-refractivity contribution is -0.137. The number of carbonyl (C=O) groups excluding carboxylic acids is 1. The van der Waals surface area contributed by atoms with Gasteiger partial charge in [0.15, 0.2) is 6.61 Å². The van der Waals surface area contributed by atoms with Crippen molar-refractivity contribution in [3.63, 3.8) is 0 Å². The Labute approximate surface area is 122 Å². The Morgan fingerprint density at radius 3 is 3.00 bits per heavy atom. The lowest BCUT2D eigenvalue weighted by Gasteiger charge is -2.34. The summed E-state index contributed by atoms with van der Waals surface area (Å²) in [5, 5.41) is 9.89. The Balaban J connectivity index is 1.89. The zero-order valence-corrected chi connectivity index (χ0v) is 11.9. The van der Waals surface area contributed by atoms with Crippen LogP contribution in [0.3, 0.4) is 0 Å². The molecule has 1 aliphatic rings. The van der Waals surface area contributed by atoms with Crippen LogP contribution in [0.2, 0.25) is 5.02 Å². The number of hydrogen-bond acceptors (Lipinski definition) is 3. The van der Waals surface area contributed by atoms with Crippen molar-refractivity contribution in [2.24, 2.45) is 5.92 Å². The first-order valence-electron chi connectivity index (χ1n) is 6.51. The van der Waals surface area contributed by atoms with Crippen molar-refractivity contribution < 1.29 is 19.0 Å². The number of nitrogens with zero attached hydrogens (tertiary/aromatic N) is 1. The molecule has 0 aliphatic carbocycles. The first kappa shape index (κ1) is 15.1. The highest BCUT2D eigenvalue weighted by Crippen LogP contribution is 2.25. The van der Waals surface area contributed by atoms with Gasteiger partial charge < -0.3 is 14.7 Å². The van der Waals surface area contributed by atoms with Crippen molar-refractivity contribution in [1.29, 1.82) is 0 Å². The van der Waals surface area contributed by atoms with Crippen LogP contribution in [-0.4, -0.2) is 41.7 Å². The van der Waals surface area contributed by atoms with Gasteiger partial charge in [-0.05, 0) is 30.5 Å². The molecule has 0 radical (unpaired) electrons. The lowest BCUT2D eigenvalue weighted by atomic mass is 9.96. The summed E-state index contributed by atoms with van der Waals surface area (Å²) < 4.78 is 18.2. The molecule has 110 valence electrons. The number of carbonyl (C=O) groups is 1. The van der Waals surface area contributed by atoms with E-state index in [-0.39, 0.29) is 29.2 Å². The van der Waals surface area contributed by atoms with E-state index in [1.54, 1.807) is 4.90 Å². The molecule has 1 aromatic rings. The number of benzene rings is 1. The minimum atomic E-state index is -0.498. The summed E-state index contributed by atoms with van der Waals surface area (Å²) in [5.41, 5.74) is 0. The number of piperidine rings is 1.